The van der Waals surface area contributed by atoms with Crippen molar-refractivity contribution in [2.24, 2.45) is 0 Å². The summed E-state index contributed by atoms with van der Waals surface area (Å²) in [5.74, 6) is 2.24. The van der Waals surface area contributed by atoms with Gasteiger partial charge in [-0.25, -0.2) is 9.97 Å². The molecule has 0 aliphatic heterocycles. The van der Waals surface area contributed by atoms with Gasteiger partial charge in [-0.2, -0.15) is 0 Å². The fourth-order valence-electron chi connectivity index (χ4n) is 2.43. The van der Waals surface area contributed by atoms with E-state index in [1.54, 1.807) is 24.8 Å². The lowest BCUT2D eigenvalue weighted by atomic mass is 10.2. The van der Waals surface area contributed by atoms with E-state index in [1.165, 1.54) is 10.4 Å². The normalized spacial score (nSPS) is 10.8. The van der Waals surface area contributed by atoms with Crippen molar-refractivity contribution in [2.75, 3.05) is 19.0 Å². The Labute approximate surface area is 139 Å². The molecule has 0 atom stereocenters. The molecule has 0 aliphatic carbocycles. The Balaban J connectivity index is 1.99. The summed E-state index contributed by atoms with van der Waals surface area (Å²) in [6.07, 6.45) is 1.59. The SMILES string of the molecule is CCOc1ccc(Nc2ncnc3sc(C)c(C)c23)cc1OC. The molecule has 0 fully saturated rings. The number of nitrogens with zero attached hydrogens (tertiary/aromatic N) is 2. The molecule has 3 rings (SSSR count). The smallest absolute Gasteiger partial charge is 0.162 e. The van der Waals surface area contributed by atoms with Gasteiger partial charge in [-0.15, -0.1) is 11.3 Å². The highest BCUT2D eigenvalue weighted by atomic mass is 32.1. The zero-order chi connectivity index (χ0) is 16.4. The van der Waals surface area contributed by atoms with Crippen LogP contribution < -0.4 is 14.8 Å². The number of thiophene rings is 1. The molecule has 23 heavy (non-hydrogen) atoms. The van der Waals surface area contributed by atoms with Crippen LogP contribution in [0.5, 0.6) is 11.5 Å². The van der Waals surface area contributed by atoms with E-state index in [9.17, 15) is 0 Å². The molecule has 0 bridgehead atoms. The number of rotatable bonds is 5. The largest absolute Gasteiger partial charge is 0.493 e. The van der Waals surface area contributed by atoms with Gasteiger partial charge in [0.05, 0.1) is 19.1 Å². The summed E-state index contributed by atoms with van der Waals surface area (Å²) in [4.78, 5) is 11.0. The minimum absolute atomic E-state index is 0.600. The third-order valence-electron chi connectivity index (χ3n) is 3.69. The molecule has 2 aromatic heterocycles. The first-order chi connectivity index (χ1) is 11.1. The fraction of sp³-hybridized carbons (Fsp3) is 0.294. The van der Waals surface area contributed by atoms with Gasteiger partial charge in [0.25, 0.3) is 0 Å². The third-order valence-corrected chi connectivity index (χ3v) is 4.81. The summed E-state index contributed by atoms with van der Waals surface area (Å²) in [6.45, 7) is 6.75. The van der Waals surface area contributed by atoms with Crippen molar-refractivity contribution < 1.29 is 9.47 Å². The number of benzene rings is 1. The molecule has 0 aliphatic rings. The van der Waals surface area contributed by atoms with Gasteiger partial charge in [0.15, 0.2) is 11.5 Å². The lowest BCUT2D eigenvalue weighted by Gasteiger charge is -2.12. The molecule has 0 saturated carbocycles. The number of fused-ring (bicyclic) bond motifs is 1. The molecule has 0 spiro atoms. The van der Waals surface area contributed by atoms with E-state index in [-0.39, 0.29) is 0 Å². The summed E-state index contributed by atoms with van der Waals surface area (Å²) in [5, 5.41) is 4.44. The number of hydrogen-bond acceptors (Lipinski definition) is 6. The van der Waals surface area contributed by atoms with Crippen LogP contribution in [0.4, 0.5) is 11.5 Å². The third kappa shape index (κ3) is 2.94. The van der Waals surface area contributed by atoms with Crippen LogP contribution in [0.25, 0.3) is 10.2 Å². The number of methoxy groups -OCH3 is 1. The maximum Gasteiger partial charge on any atom is 0.162 e. The van der Waals surface area contributed by atoms with E-state index in [1.807, 2.05) is 25.1 Å². The molecule has 120 valence electrons. The van der Waals surface area contributed by atoms with E-state index in [0.29, 0.717) is 12.4 Å². The monoisotopic (exact) mass is 329 g/mol. The van der Waals surface area contributed by atoms with Crippen molar-refractivity contribution in [2.45, 2.75) is 20.8 Å². The van der Waals surface area contributed by atoms with Crippen LogP contribution in [-0.2, 0) is 0 Å². The van der Waals surface area contributed by atoms with Gasteiger partial charge < -0.3 is 14.8 Å². The maximum atomic E-state index is 5.55. The van der Waals surface area contributed by atoms with Crippen LogP contribution in [0.1, 0.15) is 17.4 Å². The second kappa shape index (κ2) is 6.42. The van der Waals surface area contributed by atoms with Gasteiger partial charge in [-0.1, -0.05) is 0 Å². The van der Waals surface area contributed by atoms with Gasteiger partial charge in [-0.3, -0.25) is 0 Å². The highest BCUT2D eigenvalue weighted by Gasteiger charge is 2.13. The Morgan fingerprint density at radius 2 is 2.00 bits per heavy atom. The average Bonchev–Trinajstić information content (AvgIpc) is 2.85. The van der Waals surface area contributed by atoms with Crippen LogP contribution in [0, 0.1) is 13.8 Å². The summed E-state index contributed by atoms with van der Waals surface area (Å²) in [7, 11) is 1.64. The standard InChI is InChI=1S/C17H19N3O2S/c1-5-22-13-7-6-12(8-14(13)21-4)20-16-15-10(2)11(3)23-17(15)19-9-18-16/h6-9H,5H2,1-4H3,(H,18,19,20). The van der Waals surface area contributed by atoms with Crippen molar-refractivity contribution in [1.29, 1.82) is 0 Å². The number of aromatic nitrogens is 2. The highest BCUT2D eigenvalue weighted by Crippen LogP contribution is 2.35. The highest BCUT2D eigenvalue weighted by molar-refractivity contribution is 7.18. The van der Waals surface area contributed by atoms with E-state index < -0.39 is 0 Å². The zero-order valence-electron chi connectivity index (χ0n) is 13.6. The second-order valence-corrected chi connectivity index (χ2v) is 6.31. The van der Waals surface area contributed by atoms with E-state index in [4.69, 9.17) is 9.47 Å². The maximum absolute atomic E-state index is 5.55. The van der Waals surface area contributed by atoms with Crippen LogP contribution in [0.15, 0.2) is 24.5 Å². The molecule has 3 aromatic rings. The minimum Gasteiger partial charge on any atom is -0.493 e. The first-order valence-electron chi connectivity index (χ1n) is 7.42. The predicted molar refractivity (Wildman–Crippen MR) is 94.3 cm³/mol. The van der Waals surface area contributed by atoms with Crippen LogP contribution in [-0.4, -0.2) is 23.7 Å². The van der Waals surface area contributed by atoms with Gasteiger partial charge in [0.1, 0.15) is 17.0 Å². The Morgan fingerprint density at radius 3 is 2.74 bits per heavy atom. The Hall–Kier alpha value is -2.34. The number of hydrogen-bond donors (Lipinski definition) is 1. The molecule has 5 nitrogen and oxygen atoms in total. The van der Waals surface area contributed by atoms with Gasteiger partial charge in [-0.05, 0) is 38.5 Å². The van der Waals surface area contributed by atoms with E-state index in [2.05, 4.69) is 29.1 Å². The Morgan fingerprint density at radius 1 is 1.17 bits per heavy atom. The van der Waals surface area contributed by atoms with Crippen LogP contribution in [0.3, 0.4) is 0 Å². The fourth-order valence-corrected chi connectivity index (χ4v) is 3.43. The molecule has 0 amide bonds. The molecule has 0 unspecified atom stereocenters. The van der Waals surface area contributed by atoms with E-state index >= 15 is 0 Å². The van der Waals surface area contributed by atoms with Crippen molar-refractivity contribution in [1.82, 2.24) is 9.97 Å². The molecular weight excluding hydrogens is 310 g/mol. The lowest BCUT2D eigenvalue weighted by Crippen LogP contribution is -1.98. The molecule has 0 saturated heterocycles. The number of nitrogens with one attached hydrogen (secondary N) is 1. The quantitative estimate of drug-likeness (QED) is 0.749. The first-order valence-corrected chi connectivity index (χ1v) is 8.24. The van der Waals surface area contributed by atoms with E-state index in [0.717, 1.165) is 27.5 Å². The molecular formula is C17H19N3O2S. The second-order valence-electron chi connectivity index (χ2n) is 5.11. The average molecular weight is 329 g/mol. The summed E-state index contributed by atoms with van der Waals surface area (Å²) in [5.41, 5.74) is 2.11. The summed E-state index contributed by atoms with van der Waals surface area (Å²) in [6, 6.07) is 5.76. The first kappa shape index (κ1) is 15.6. The van der Waals surface area contributed by atoms with Crippen molar-refractivity contribution >= 4 is 33.1 Å². The molecule has 0 radical (unpaired) electrons. The van der Waals surface area contributed by atoms with Gasteiger partial charge in [0.2, 0.25) is 0 Å². The number of anilines is 2. The van der Waals surface area contributed by atoms with Crippen molar-refractivity contribution in [3.63, 3.8) is 0 Å². The van der Waals surface area contributed by atoms with Crippen molar-refractivity contribution in [3.8, 4) is 11.5 Å². The number of aryl methyl sites for hydroxylation is 2. The lowest BCUT2D eigenvalue weighted by molar-refractivity contribution is 0.311. The molecule has 1 aromatic carbocycles. The minimum atomic E-state index is 0.600. The van der Waals surface area contributed by atoms with Crippen LogP contribution >= 0.6 is 11.3 Å². The van der Waals surface area contributed by atoms with Gasteiger partial charge >= 0.3 is 0 Å². The van der Waals surface area contributed by atoms with Gasteiger partial charge in [0, 0.05) is 16.6 Å². The Bertz CT molecular complexity index is 845. The Kier molecular flexibility index (Phi) is 4.34. The zero-order valence-corrected chi connectivity index (χ0v) is 14.5. The topological polar surface area (TPSA) is 56.3 Å². The predicted octanol–water partition coefficient (Wildman–Crippen LogP) is 4.46. The summed E-state index contributed by atoms with van der Waals surface area (Å²) >= 11 is 1.68. The van der Waals surface area contributed by atoms with Crippen molar-refractivity contribution in [3.05, 3.63) is 35.0 Å². The summed E-state index contributed by atoms with van der Waals surface area (Å²) < 4.78 is 10.9. The molecule has 1 N–H and O–H groups in total. The molecule has 6 heteroatoms. The molecule has 2 heterocycles. The number of ether oxygens (including phenoxy) is 2. The van der Waals surface area contributed by atoms with Crippen LogP contribution in [0.2, 0.25) is 0 Å².